The number of rotatable bonds is 3. The van der Waals surface area contributed by atoms with Gasteiger partial charge in [-0.2, -0.15) is 0 Å². The van der Waals surface area contributed by atoms with Gasteiger partial charge in [-0.25, -0.2) is 9.78 Å². The van der Waals surface area contributed by atoms with E-state index in [1.807, 2.05) is 13.8 Å². The van der Waals surface area contributed by atoms with Gasteiger partial charge in [-0.3, -0.25) is 9.59 Å². The highest BCUT2D eigenvalue weighted by atomic mass is 32.2. The lowest BCUT2D eigenvalue weighted by Gasteiger charge is -2.29. The topological polar surface area (TPSA) is 103 Å². The van der Waals surface area contributed by atoms with Gasteiger partial charge in [0.25, 0.3) is 11.5 Å². The van der Waals surface area contributed by atoms with Crippen molar-refractivity contribution in [3.8, 4) is 0 Å². The van der Waals surface area contributed by atoms with Crippen molar-refractivity contribution in [3.63, 3.8) is 0 Å². The highest BCUT2D eigenvalue weighted by Gasteiger charge is 2.43. The van der Waals surface area contributed by atoms with Gasteiger partial charge in [-0.1, -0.05) is 13.8 Å². The van der Waals surface area contributed by atoms with Crippen molar-refractivity contribution >= 4 is 23.6 Å². The van der Waals surface area contributed by atoms with Gasteiger partial charge < -0.3 is 15.0 Å². The Kier molecular flexibility index (Phi) is 4.12. The van der Waals surface area contributed by atoms with E-state index in [4.69, 9.17) is 0 Å². The Labute approximate surface area is 119 Å². The average Bonchev–Trinajstić information content (AvgIpc) is 2.83. The molecule has 2 atom stereocenters. The standard InChI is InChI=1S/C12H15N3O4S/c1-6(2)11-15(8(5-20-11)12(18)19)10(17)7-3-14-9(16)4-13-7/h3-4,6,8,11H,5H2,1-2H3,(H,14,16)(H,18,19). The first kappa shape index (κ1) is 14.6. The minimum Gasteiger partial charge on any atom is -0.480 e. The number of carboxylic acids is 1. The molecule has 20 heavy (non-hydrogen) atoms. The van der Waals surface area contributed by atoms with E-state index in [2.05, 4.69) is 9.97 Å². The molecule has 1 fully saturated rings. The summed E-state index contributed by atoms with van der Waals surface area (Å²) < 4.78 is 0. The van der Waals surface area contributed by atoms with E-state index in [1.54, 1.807) is 0 Å². The molecule has 1 amide bonds. The van der Waals surface area contributed by atoms with Gasteiger partial charge >= 0.3 is 5.97 Å². The maximum atomic E-state index is 12.5. The number of carbonyl (C=O) groups excluding carboxylic acids is 1. The van der Waals surface area contributed by atoms with Crippen LogP contribution in [0.15, 0.2) is 17.2 Å². The molecule has 2 rings (SSSR count). The summed E-state index contributed by atoms with van der Waals surface area (Å²) in [6.07, 6.45) is 2.22. The number of nitrogens with zero attached hydrogens (tertiary/aromatic N) is 2. The molecule has 2 N–H and O–H groups in total. The highest BCUT2D eigenvalue weighted by Crippen LogP contribution is 2.34. The van der Waals surface area contributed by atoms with E-state index >= 15 is 0 Å². The monoisotopic (exact) mass is 297 g/mol. The minimum atomic E-state index is -1.03. The van der Waals surface area contributed by atoms with Crippen LogP contribution in [0.3, 0.4) is 0 Å². The van der Waals surface area contributed by atoms with Crippen LogP contribution < -0.4 is 5.56 Å². The van der Waals surface area contributed by atoms with Crippen molar-refractivity contribution in [1.82, 2.24) is 14.9 Å². The average molecular weight is 297 g/mol. The summed E-state index contributed by atoms with van der Waals surface area (Å²) in [5.74, 6) is -1.03. The van der Waals surface area contributed by atoms with Gasteiger partial charge in [0.15, 0.2) is 0 Å². The zero-order valence-corrected chi connectivity index (χ0v) is 11.9. The number of hydrogen-bond acceptors (Lipinski definition) is 5. The number of aromatic amines is 1. The summed E-state index contributed by atoms with van der Waals surface area (Å²) in [6, 6.07) is -0.867. The SMILES string of the molecule is CC(C)C1SCC(C(=O)O)N1C(=O)c1c[nH]c(=O)cn1. The maximum absolute atomic E-state index is 12.5. The lowest BCUT2D eigenvalue weighted by molar-refractivity contribution is -0.141. The molecule has 0 bridgehead atoms. The zero-order valence-electron chi connectivity index (χ0n) is 11.1. The van der Waals surface area contributed by atoms with Crippen molar-refractivity contribution in [2.75, 3.05) is 5.75 Å². The fourth-order valence-corrected chi connectivity index (χ4v) is 3.55. The number of hydrogen-bond donors (Lipinski definition) is 2. The van der Waals surface area contributed by atoms with Crippen LogP contribution in [0.2, 0.25) is 0 Å². The summed E-state index contributed by atoms with van der Waals surface area (Å²) in [7, 11) is 0. The van der Waals surface area contributed by atoms with Crippen molar-refractivity contribution in [2.24, 2.45) is 5.92 Å². The molecule has 2 heterocycles. The van der Waals surface area contributed by atoms with Gasteiger partial charge in [0, 0.05) is 11.9 Å². The van der Waals surface area contributed by atoms with Crippen LogP contribution in [0.25, 0.3) is 0 Å². The summed E-state index contributed by atoms with van der Waals surface area (Å²) in [5, 5.41) is 9.03. The van der Waals surface area contributed by atoms with E-state index in [9.17, 15) is 19.5 Å². The molecule has 0 aliphatic carbocycles. The number of amides is 1. The molecular formula is C12H15N3O4S. The van der Waals surface area contributed by atoms with E-state index in [1.165, 1.54) is 22.9 Å². The predicted molar refractivity (Wildman–Crippen MR) is 73.5 cm³/mol. The van der Waals surface area contributed by atoms with Crippen LogP contribution in [0.1, 0.15) is 24.3 Å². The molecule has 1 aromatic heterocycles. The van der Waals surface area contributed by atoms with Crippen LogP contribution in [0.5, 0.6) is 0 Å². The molecule has 0 radical (unpaired) electrons. The third-order valence-electron chi connectivity index (χ3n) is 3.02. The van der Waals surface area contributed by atoms with Crippen molar-refractivity contribution in [3.05, 3.63) is 28.4 Å². The summed E-state index contributed by atoms with van der Waals surface area (Å²) in [4.78, 5) is 42.2. The van der Waals surface area contributed by atoms with Gasteiger partial charge in [-0.05, 0) is 5.92 Å². The van der Waals surface area contributed by atoms with E-state index in [-0.39, 0.29) is 17.0 Å². The van der Waals surface area contributed by atoms with Crippen molar-refractivity contribution in [2.45, 2.75) is 25.3 Å². The lowest BCUT2D eigenvalue weighted by atomic mass is 10.1. The molecule has 108 valence electrons. The second kappa shape index (κ2) is 5.66. The number of carbonyl (C=O) groups is 2. The predicted octanol–water partition coefficient (Wildman–Crippen LogP) is 0.394. The van der Waals surface area contributed by atoms with E-state index < -0.39 is 23.5 Å². The maximum Gasteiger partial charge on any atom is 0.327 e. The summed E-state index contributed by atoms with van der Waals surface area (Å²) in [6.45, 7) is 3.87. The smallest absolute Gasteiger partial charge is 0.327 e. The minimum absolute atomic E-state index is 0.0454. The fraction of sp³-hybridized carbons (Fsp3) is 0.500. The van der Waals surface area contributed by atoms with Crippen molar-refractivity contribution in [1.29, 1.82) is 0 Å². The quantitative estimate of drug-likeness (QED) is 0.836. The number of aliphatic carboxylic acids is 1. The molecule has 0 saturated carbocycles. The second-order valence-electron chi connectivity index (χ2n) is 4.83. The van der Waals surface area contributed by atoms with E-state index in [0.29, 0.717) is 5.75 Å². The zero-order chi connectivity index (χ0) is 14.9. The molecule has 8 heteroatoms. The second-order valence-corrected chi connectivity index (χ2v) is 5.98. The van der Waals surface area contributed by atoms with Gasteiger partial charge in [0.1, 0.15) is 11.7 Å². The molecule has 0 aromatic carbocycles. The van der Waals surface area contributed by atoms with Gasteiger partial charge in [0.05, 0.1) is 11.6 Å². The van der Waals surface area contributed by atoms with Gasteiger partial charge in [0.2, 0.25) is 0 Å². The normalized spacial score (nSPS) is 22.2. The Morgan fingerprint density at radius 2 is 2.25 bits per heavy atom. The van der Waals surface area contributed by atoms with Crippen LogP contribution in [0, 0.1) is 5.92 Å². The number of nitrogens with one attached hydrogen (secondary N) is 1. The molecule has 1 aromatic rings. The molecular weight excluding hydrogens is 282 g/mol. The number of H-pyrrole nitrogens is 1. The molecule has 1 saturated heterocycles. The first-order valence-corrected chi connectivity index (χ1v) is 7.18. The molecule has 0 spiro atoms. The van der Waals surface area contributed by atoms with Crippen LogP contribution in [-0.2, 0) is 4.79 Å². The van der Waals surface area contributed by atoms with Crippen LogP contribution in [-0.4, -0.2) is 49.0 Å². The first-order valence-electron chi connectivity index (χ1n) is 6.13. The molecule has 7 nitrogen and oxygen atoms in total. The molecule has 2 unspecified atom stereocenters. The third kappa shape index (κ3) is 2.69. The lowest BCUT2D eigenvalue weighted by Crippen LogP contribution is -2.47. The van der Waals surface area contributed by atoms with E-state index in [0.717, 1.165) is 6.20 Å². The van der Waals surface area contributed by atoms with Crippen LogP contribution in [0.4, 0.5) is 0 Å². The Morgan fingerprint density at radius 1 is 1.55 bits per heavy atom. The van der Waals surface area contributed by atoms with Crippen LogP contribution >= 0.6 is 11.8 Å². The first-order chi connectivity index (χ1) is 9.41. The van der Waals surface area contributed by atoms with Crippen molar-refractivity contribution < 1.29 is 14.7 Å². The Hall–Kier alpha value is -1.83. The number of thioether (sulfide) groups is 1. The highest BCUT2D eigenvalue weighted by molar-refractivity contribution is 8.00. The molecule has 1 aliphatic rings. The largest absolute Gasteiger partial charge is 0.480 e. The number of aromatic nitrogens is 2. The fourth-order valence-electron chi connectivity index (χ4n) is 2.08. The summed E-state index contributed by atoms with van der Waals surface area (Å²) in [5.41, 5.74) is -0.364. The van der Waals surface area contributed by atoms with Gasteiger partial charge in [-0.15, -0.1) is 11.8 Å². The number of carboxylic acid groups (broad SMARTS) is 1. The Bertz CT molecular complexity index is 566. The summed E-state index contributed by atoms with van der Waals surface area (Å²) >= 11 is 1.45. The third-order valence-corrected chi connectivity index (χ3v) is 4.64. The molecule has 1 aliphatic heterocycles. The Morgan fingerprint density at radius 3 is 2.75 bits per heavy atom. The Balaban J connectivity index is 2.34.